The van der Waals surface area contributed by atoms with Crippen molar-refractivity contribution in [1.82, 2.24) is 10.2 Å². The number of piperazine rings is 1. The number of thiophene rings is 1. The number of anilines is 1. The van der Waals surface area contributed by atoms with Crippen molar-refractivity contribution in [3.05, 3.63) is 52.2 Å². The lowest BCUT2D eigenvalue weighted by Crippen LogP contribution is -2.48. The fraction of sp³-hybridized carbons (Fsp3) is 0.400. The minimum absolute atomic E-state index is 0.0563. The van der Waals surface area contributed by atoms with E-state index in [2.05, 4.69) is 41.4 Å². The third-order valence-electron chi connectivity index (χ3n) is 4.60. The number of hydrogen-bond acceptors (Lipinski definition) is 4. The van der Waals surface area contributed by atoms with E-state index in [4.69, 9.17) is 0 Å². The van der Waals surface area contributed by atoms with E-state index in [-0.39, 0.29) is 11.8 Å². The van der Waals surface area contributed by atoms with Crippen LogP contribution in [0.3, 0.4) is 0 Å². The Kier molecular flexibility index (Phi) is 6.28. The molecule has 0 aliphatic carbocycles. The van der Waals surface area contributed by atoms with Gasteiger partial charge < -0.3 is 15.1 Å². The Hall–Kier alpha value is -2.34. The number of nitrogens with one attached hydrogen (secondary N) is 1. The number of benzene rings is 1. The van der Waals surface area contributed by atoms with Gasteiger partial charge in [-0.2, -0.15) is 0 Å². The fourth-order valence-electron chi connectivity index (χ4n) is 3.13. The minimum Gasteiger partial charge on any atom is -0.368 e. The van der Waals surface area contributed by atoms with Gasteiger partial charge in [-0.3, -0.25) is 9.59 Å². The molecular weight excluding hydrogens is 346 g/mol. The fourth-order valence-corrected chi connectivity index (χ4v) is 3.77. The van der Waals surface area contributed by atoms with Gasteiger partial charge in [-0.15, -0.1) is 11.3 Å². The first-order chi connectivity index (χ1) is 12.6. The second-order valence-corrected chi connectivity index (χ2v) is 7.49. The highest BCUT2D eigenvalue weighted by Crippen LogP contribution is 2.18. The number of amides is 2. The minimum atomic E-state index is -0.0563. The summed E-state index contributed by atoms with van der Waals surface area (Å²) in [6.45, 7) is 5.88. The molecule has 0 unspecified atom stereocenters. The number of carbonyl (C=O) groups excluding carboxylic acids is 2. The molecule has 1 saturated heterocycles. The predicted octanol–water partition coefficient (Wildman–Crippen LogP) is 2.92. The van der Waals surface area contributed by atoms with Gasteiger partial charge in [-0.25, -0.2) is 0 Å². The third-order valence-corrected chi connectivity index (χ3v) is 5.47. The first-order valence-electron chi connectivity index (χ1n) is 9.04. The number of hydrogen-bond donors (Lipinski definition) is 1. The Morgan fingerprint density at radius 3 is 2.62 bits per heavy atom. The number of aryl methyl sites for hydroxylation is 1. The highest BCUT2D eigenvalue weighted by Gasteiger charge is 2.21. The van der Waals surface area contributed by atoms with E-state index < -0.39 is 0 Å². The molecule has 5 nitrogen and oxygen atoms in total. The maximum Gasteiger partial charge on any atom is 0.261 e. The van der Waals surface area contributed by atoms with Crippen LogP contribution in [0.15, 0.2) is 41.8 Å². The maximum atomic E-state index is 12.4. The highest BCUT2D eigenvalue weighted by molar-refractivity contribution is 7.12. The summed E-state index contributed by atoms with van der Waals surface area (Å²) >= 11 is 1.43. The lowest BCUT2D eigenvalue weighted by Gasteiger charge is -2.36. The second-order valence-electron chi connectivity index (χ2n) is 6.54. The normalized spacial score (nSPS) is 14.3. The molecule has 3 rings (SSSR count). The van der Waals surface area contributed by atoms with Crippen molar-refractivity contribution in [2.45, 2.75) is 19.8 Å². The van der Waals surface area contributed by atoms with Gasteiger partial charge in [0.15, 0.2) is 0 Å². The lowest BCUT2D eigenvalue weighted by atomic mass is 10.2. The van der Waals surface area contributed by atoms with E-state index in [1.165, 1.54) is 22.6 Å². The van der Waals surface area contributed by atoms with Crippen LogP contribution in [0, 0.1) is 6.92 Å². The molecule has 1 fully saturated rings. The van der Waals surface area contributed by atoms with E-state index in [0.717, 1.165) is 26.2 Å². The summed E-state index contributed by atoms with van der Waals surface area (Å²) in [7, 11) is 0. The number of rotatable bonds is 6. The van der Waals surface area contributed by atoms with Gasteiger partial charge >= 0.3 is 0 Å². The Morgan fingerprint density at radius 2 is 1.92 bits per heavy atom. The van der Waals surface area contributed by atoms with Gasteiger partial charge in [0.2, 0.25) is 5.91 Å². The summed E-state index contributed by atoms with van der Waals surface area (Å²) in [5, 5.41) is 4.75. The van der Waals surface area contributed by atoms with Crippen molar-refractivity contribution in [1.29, 1.82) is 0 Å². The third kappa shape index (κ3) is 4.85. The van der Waals surface area contributed by atoms with Crippen molar-refractivity contribution in [2.24, 2.45) is 0 Å². The lowest BCUT2D eigenvalue weighted by molar-refractivity contribution is -0.131. The zero-order chi connectivity index (χ0) is 18.4. The predicted molar refractivity (Wildman–Crippen MR) is 106 cm³/mol. The second kappa shape index (κ2) is 8.85. The standard InChI is InChI=1S/C20H25N3O2S/c1-16-5-2-6-17(15-16)22-10-12-23(13-11-22)19(24)8-3-9-21-20(25)18-7-4-14-26-18/h2,4-7,14-15H,3,8-13H2,1H3,(H,21,25). The number of carbonyl (C=O) groups is 2. The van der Waals surface area contributed by atoms with Gasteiger partial charge in [-0.1, -0.05) is 18.2 Å². The van der Waals surface area contributed by atoms with Gasteiger partial charge in [0, 0.05) is 44.8 Å². The van der Waals surface area contributed by atoms with Crippen LogP contribution in [0.1, 0.15) is 28.1 Å². The summed E-state index contributed by atoms with van der Waals surface area (Å²) in [5.41, 5.74) is 2.49. The molecule has 2 aromatic rings. The van der Waals surface area contributed by atoms with Gasteiger partial charge in [0.05, 0.1) is 4.88 Å². The van der Waals surface area contributed by atoms with E-state index in [0.29, 0.717) is 24.3 Å². The SMILES string of the molecule is Cc1cccc(N2CCN(C(=O)CCCNC(=O)c3cccs3)CC2)c1. The van der Waals surface area contributed by atoms with Gasteiger partial charge in [0.25, 0.3) is 5.91 Å². The molecular formula is C20H25N3O2S. The van der Waals surface area contributed by atoms with Crippen molar-refractivity contribution < 1.29 is 9.59 Å². The topological polar surface area (TPSA) is 52.6 Å². The molecule has 1 N–H and O–H groups in total. The first-order valence-corrected chi connectivity index (χ1v) is 9.92. The smallest absolute Gasteiger partial charge is 0.261 e. The average molecular weight is 372 g/mol. The largest absolute Gasteiger partial charge is 0.368 e. The van der Waals surface area contributed by atoms with Crippen LogP contribution < -0.4 is 10.2 Å². The van der Waals surface area contributed by atoms with Crippen LogP contribution in [0.5, 0.6) is 0 Å². The summed E-state index contributed by atoms with van der Waals surface area (Å²) in [6, 6.07) is 12.2. The Bertz CT molecular complexity index is 737. The van der Waals surface area contributed by atoms with Crippen LogP contribution >= 0.6 is 11.3 Å². The molecule has 1 aliphatic heterocycles. The molecule has 0 spiro atoms. The van der Waals surface area contributed by atoms with E-state index in [1.54, 1.807) is 6.07 Å². The molecule has 1 aromatic heterocycles. The highest BCUT2D eigenvalue weighted by atomic mass is 32.1. The quantitative estimate of drug-likeness (QED) is 0.795. The van der Waals surface area contributed by atoms with Crippen molar-refractivity contribution >= 4 is 28.8 Å². The first kappa shape index (κ1) is 18.5. The van der Waals surface area contributed by atoms with Gasteiger partial charge in [-0.05, 0) is 42.5 Å². The molecule has 26 heavy (non-hydrogen) atoms. The van der Waals surface area contributed by atoms with Crippen molar-refractivity contribution in [2.75, 3.05) is 37.6 Å². The van der Waals surface area contributed by atoms with Crippen molar-refractivity contribution in [3.63, 3.8) is 0 Å². The van der Waals surface area contributed by atoms with E-state index >= 15 is 0 Å². The maximum absolute atomic E-state index is 12.4. The molecule has 0 bridgehead atoms. The summed E-state index contributed by atoms with van der Waals surface area (Å²) in [4.78, 5) is 29.2. The molecule has 138 valence electrons. The van der Waals surface area contributed by atoms with Crippen LogP contribution in [0.2, 0.25) is 0 Å². The molecule has 0 radical (unpaired) electrons. The molecule has 2 amide bonds. The van der Waals surface area contributed by atoms with E-state index in [9.17, 15) is 9.59 Å². The average Bonchev–Trinajstić information content (AvgIpc) is 3.20. The molecule has 6 heteroatoms. The summed E-state index contributed by atoms with van der Waals surface area (Å²) in [5.74, 6) is 0.124. The Balaban J connectivity index is 1.36. The molecule has 1 aliphatic rings. The summed E-state index contributed by atoms with van der Waals surface area (Å²) in [6.07, 6.45) is 1.16. The van der Waals surface area contributed by atoms with Crippen LogP contribution in [0.25, 0.3) is 0 Å². The summed E-state index contributed by atoms with van der Waals surface area (Å²) < 4.78 is 0. The Labute approximate surface area is 158 Å². The van der Waals surface area contributed by atoms with Crippen LogP contribution in [-0.4, -0.2) is 49.4 Å². The zero-order valence-electron chi connectivity index (χ0n) is 15.1. The Morgan fingerprint density at radius 1 is 1.12 bits per heavy atom. The van der Waals surface area contributed by atoms with Crippen LogP contribution in [-0.2, 0) is 4.79 Å². The van der Waals surface area contributed by atoms with Crippen LogP contribution in [0.4, 0.5) is 5.69 Å². The zero-order valence-corrected chi connectivity index (χ0v) is 15.9. The van der Waals surface area contributed by atoms with Crippen molar-refractivity contribution in [3.8, 4) is 0 Å². The molecule has 2 heterocycles. The van der Waals surface area contributed by atoms with Gasteiger partial charge in [0.1, 0.15) is 0 Å². The molecule has 1 aromatic carbocycles. The van der Waals surface area contributed by atoms with E-state index in [1.807, 2.05) is 16.3 Å². The molecule has 0 atom stereocenters. The molecule has 0 saturated carbocycles. The number of nitrogens with zero attached hydrogens (tertiary/aromatic N) is 2. The monoisotopic (exact) mass is 371 g/mol.